The third-order valence-electron chi connectivity index (χ3n) is 5.48. The molecular weight excluding hydrogens is 424 g/mol. The van der Waals surface area contributed by atoms with Crippen molar-refractivity contribution in [2.45, 2.75) is 45.4 Å². The molecule has 1 aliphatic heterocycles. The molecule has 3 unspecified atom stereocenters. The van der Waals surface area contributed by atoms with E-state index in [1.54, 1.807) is 36.1 Å². The van der Waals surface area contributed by atoms with E-state index in [4.69, 9.17) is 11.6 Å². The monoisotopic (exact) mass is 452 g/mol. The maximum atomic E-state index is 9.48. The molecule has 2 fully saturated rings. The molecule has 1 aliphatic carbocycles. The number of nitrogens with zero attached hydrogens (tertiary/aromatic N) is 5. The summed E-state index contributed by atoms with van der Waals surface area (Å²) in [7, 11) is 0. The first-order valence-electron chi connectivity index (χ1n) is 10.4. The maximum absolute atomic E-state index is 9.48. The van der Waals surface area contributed by atoms with E-state index < -0.39 is 6.10 Å². The smallest absolute Gasteiger partial charge is 0.229 e. The quantitative estimate of drug-likeness (QED) is 0.427. The molecule has 164 valence electrons. The highest BCUT2D eigenvalue weighted by molar-refractivity contribution is 7.95. The molecule has 2 aromatic rings. The second-order valence-corrected chi connectivity index (χ2v) is 9.48. The summed E-state index contributed by atoms with van der Waals surface area (Å²) in [6, 6.07) is 0.375. The minimum Gasteiger partial charge on any atom is -0.391 e. The summed E-state index contributed by atoms with van der Waals surface area (Å²) in [4.78, 5) is 8.85. The van der Waals surface area contributed by atoms with Gasteiger partial charge in [-0.25, -0.2) is 9.29 Å². The molecule has 4 rings (SSSR count). The van der Waals surface area contributed by atoms with Crippen LogP contribution in [0.15, 0.2) is 18.6 Å². The number of nitrogens with one attached hydrogen (secondary N) is 3. The fraction of sp³-hybridized carbons (Fsp3) is 0.632. The van der Waals surface area contributed by atoms with Gasteiger partial charge in [0.2, 0.25) is 5.95 Å². The number of anilines is 3. The summed E-state index contributed by atoms with van der Waals surface area (Å²) in [6.45, 7) is 7.52. The average molecular weight is 453 g/mol. The van der Waals surface area contributed by atoms with Gasteiger partial charge in [0, 0.05) is 44.0 Å². The lowest BCUT2D eigenvalue weighted by Crippen LogP contribution is -2.24. The van der Waals surface area contributed by atoms with Crippen molar-refractivity contribution < 1.29 is 5.11 Å². The predicted molar refractivity (Wildman–Crippen MR) is 121 cm³/mol. The molecule has 1 saturated carbocycles. The Balaban J connectivity index is 1.34. The second kappa shape index (κ2) is 9.69. The summed E-state index contributed by atoms with van der Waals surface area (Å²) in [5, 5.41) is 20.9. The van der Waals surface area contributed by atoms with Crippen LogP contribution in [0.25, 0.3) is 0 Å². The van der Waals surface area contributed by atoms with Crippen LogP contribution in [0.2, 0.25) is 5.02 Å². The topological polar surface area (TPSA) is 103 Å². The molecule has 2 aliphatic rings. The van der Waals surface area contributed by atoms with E-state index in [2.05, 4.69) is 41.7 Å². The van der Waals surface area contributed by atoms with Gasteiger partial charge < -0.3 is 15.7 Å². The Bertz CT molecular complexity index is 836. The van der Waals surface area contributed by atoms with E-state index in [-0.39, 0.29) is 0 Å². The zero-order chi connectivity index (χ0) is 21.1. The minimum atomic E-state index is -0.458. The lowest BCUT2D eigenvalue weighted by molar-refractivity contribution is 0.168. The molecule has 4 N–H and O–H groups in total. The largest absolute Gasteiger partial charge is 0.391 e. The molecule has 2 aromatic heterocycles. The van der Waals surface area contributed by atoms with Crippen LogP contribution in [0.4, 0.5) is 17.5 Å². The Morgan fingerprint density at radius 1 is 1.30 bits per heavy atom. The van der Waals surface area contributed by atoms with Gasteiger partial charge in [0.1, 0.15) is 5.02 Å². The van der Waals surface area contributed by atoms with Gasteiger partial charge in [0.25, 0.3) is 0 Å². The van der Waals surface area contributed by atoms with Gasteiger partial charge in [-0.05, 0) is 31.6 Å². The maximum Gasteiger partial charge on any atom is 0.229 e. The minimum absolute atomic E-state index is 0.375. The molecule has 0 radical (unpaired) electrons. The predicted octanol–water partition coefficient (Wildman–Crippen LogP) is 2.75. The Labute approximate surface area is 186 Å². The van der Waals surface area contributed by atoms with E-state index in [9.17, 15) is 5.11 Å². The van der Waals surface area contributed by atoms with Crippen molar-refractivity contribution in [3.05, 3.63) is 23.6 Å². The van der Waals surface area contributed by atoms with Gasteiger partial charge in [-0.2, -0.15) is 10.1 Å². The standard InChI is InChI=1S/C19H29ClN8OS/c1-3-23-30-28-9-13-4-15(5-14(13)10-28)24-18-17(20)7-21-19(26-18)25-16-6-22-27(11-16)8-12(2)29/h6-7,11-15,23,29H,3-5,8-10H2,1-2H3,(H2,21,24,25,26). The lowest BCUT2D eigenvalue weighted by Gasteiger charge is -2.19. The van der Waals surface area contributed by atoms with Crippen LogP contribution in [-0.2, 0) is 6.54 Å². The van der Waals surface area contributed by atoms with Crippen molar-refractivity contribution >= 4 is 41.2 Å². The number of halogens is 1. The first-order chi connectivity index (χ1) is 14.5. The van der Waals surface area contributed by atoms with Gasteiger partial charge in [-0.15, -0.1) is 0 Å². The van der Waals surface area contributed by atoms with E-state index in [1.165, 1.54) is 0 Å². The van der Waals surface area contributed by atoms with E-state index in [0.29, 0.717) is 41.2 Å². The van der Waals surface area contributed by atoms with Crippen molar-refractivity contribution in [2.24, 2.45) is 11.8 Å². The molecule has 3 atom stereocenters. The van der Waals surface area contributed by atoms with Crippen LogP contribution in [0.5, 0.6) is 0 Å². The number of hydrogen-bond donors (Lipinski definition) is 4. The van der Waals surface area contributed by atoms with Crippen LogP contribution < -0.4 is 15.4 Å². The Kier molecular flexibility index (Phi) is 6.99. The summed E-state index contributed by atoms with van der Waals surface area (Å²) in [5.41, 5.74) is 0.762. The molecule has 11 heteroatoms. The van der Waals surface area contributed by atoms with E-state index >= 15 is 0 Å². The highest BCUT2D eigenvalue weighted by Crippen LogP contribution is 2.41. The van der Waals surface area contributed by atoms with Crippen molar-refractivity contribution in [3.63, 3.8) is 0 Å². The SMILES string of the molecule is CCNSN1CC2CC(Nc3nc(Nc4cnn(CC(C)O)c4)ncc3Cl)CC2C1. The number of aromatic nitrogens is 4. The van der Waals surface area contributed by atoms with Crippen molar-refractivity contribution in [1.82, 2.24) is 28.8 Å². The van der Waals surface area contributed by atoms with Gasteiger partial charge in [0.05, 0.1) is 30.7 Å². The number of fused-ring (bicyclic) bond motifs is 1. The fourth-order valence-electron chi connectivity index (χ4n) is 4.25. The normalized spacial score (nSPS) is 24.7. The molecule has 30 heavy (non-hydrogen) atoms. The second-order valence-electron chi connectivity index (χ2n) is 8.08. The van der Waals surface area contributed by atoms with E-state index in [0.717, 1.165) is 38.2 Å². The number of aliphatic hydroxyl groups is 1. The fourth-order valence-corrected chi connectivity index (χ4v) is 5.24. The molecule has 1 saturated heterocycles. The summed E-state index contributed by atoms with van der Waals surface area (Å²) < 4.78 is 7.46. The van der Waals surface area contributed by atoms with Gasteiger partial charge >= 0.3 is 0 Å². The van der Waals surface area contributed by atoms with Crippen molar-refractivity contribution in [3.8, 4) is 0 Å². The zero-order valence-electron chi connectivity index (χ0n) is 17.3. The average Bonchev–Trinajstić information content (AvgIpc) is 3.37. The van der Waals surface area contributed by atoms with Crippen LogP contribution in [-0.4, -0.2) is 60.9 Å². The molecule has 0 aromatic carbocycles. The molecule has 0 bridgehead atoms. The number of rotatable bonds is 9. The van der Waals surface area contributed by atoms with Crippen LogP contribution in [0, 0.1) is 11.8 Å². The van der Waals surface area contributed by atoms with Gasteiger partial charge in [-0.3, -0.25) is 9.40 Å². The molecule has 0 amide bonds. The first kappa shape index (κ1) is 21.6. The Morgan fingerprint density at radius 2 is 2.07 bits per heavy atom. The van der Waals surface area contributed by atoms with Gasteiger partial charge in [0.15, 0.2) is 5.82 Å². The molecule has 0 spiro atoms. The molecule has 3 heterocycles. The first-order valence-corrected chi connectivity index (χ1v) is 11.6. The highest BCUT2D eigenvalue weighted by atomic mass is 35.5. The molecule has 9 nitrogen and oxygen atoms in total. The Morgan fingerprint density at radius 3 is 2.77 bits per heavy atom. The van der Waals surface area contributed by atoms with Crippen LogP contribution in [0.1, 0.15) is 26.7 Å². The van der Waals surface area contributed by atoms with Crippen molar-refractivity contribution in [1.29, 1.82) is 0 Å². The van der Waals surface area contributed by atoms with Crippen molar-refractivity contribution in [2.75, 3.05) is 30.3 Å². The van der Waals surface area contributed by atoms with Crippen LogP contribution >= 0.6 is 23.7 Å². The van der Waals surface area contributed by atoms with Gasteiger partial charge in [-0.1, -0.05) is 18.5 Å². The number of aliphatic hydroxyl groups excluding tert-OH is 1. The summed E-state index contributed by atoms with van der Waals surface area (Å²) in [5.74, 6) is 2.55. The number of hydrogen-bond acceptors (Lipinski definition) is 9. The summed E-state index contributed by atoms with van der Waals surface area (Å²) in [6.07, 6.45) is 6.91. The Hall–Kier alpha value is -1.59. The lowest BCUT2D eigenvalue weighted by atomic mass is 10.0. The summed E-state index contributed by atoms with van der Waals surface area (Å²) >= 11 is 8.11. The third-order valence-corrected chi connectivity index (χ3v) is 6.73. The third kappa shape index (κ3) is 5.36. The highest BCUT2D eigenvalue weighted by Gasteiger charge is 2.41. The molecular formula is C19H29ClN8OS. The van der Waals surface area contributed by atoms with Crippen LogP contribution in [0.3, 0.4) is 0 Å². The van der Waals surface area contributed by atoms with E-state index in [1.807, 2.05) is 6.20 Å². The zero-order valence-corrected chi connectivity index (χ0v) is 18.8.